The molecule has 0 bridgehead atoms. The Kier molecular flexibility index (Phi) is 4.93. The van der Waals surface area contributed by atoms with Crippen molar-refractivity contribution in [3.8, 4) is 0 Å². The molecule has 5 heteroatoms. The first-order chi connectivity index (χ1) is 8.56. The van der Waals surface area contributed by atoms with Crippen molar-refractivity contribution in [1.29, 1.82) is 0 Å². The molecule has 0 aliphatic heterocycles. The van der Waals surface area contributed by atoms with Gasteiger partial charge in [-0.2, -0.15) is 0 Å². The van der Waals surface area contributed by atoms with Crippen LogP contribution in [0.1, 0.15) is 24.1 Å². The molecule has 1 atom stereocenters. The van der Waals surface area contributed by atoms with Crippen molar-refractivity contribution in [1.82, 2.24) is 5.32 Å². The zero-order valence-corrected chi connectivity index (χ0v) is 12.8. The Balaban J connectivity index is 1.98. The Morgan fingerprint density at radius 3 is 2.39 bits per heavy atom. The summed E-state index contributed by atoms with van der Waals surface area (Å²) in [7, 11) is 0. The van der Waals surface area contributed by atoms with Crippen LogP contribution < -0.4 is 5.32 Å². The molecule has 0 aliphatic carbocycles. The lowest BCUT2D eigenvalue weighted by Crippen LogP contribution is -2.17. The van der Waals surface area contributed by atoms with Crippen LogP contribution >= 0.6 is 46.1 Å². The van der Waals surface area contributed by atoms with Gasteiger partial charge in [0.2, 0.25) is 0 Å². The molecule has 1 heterocycles. The van der Waals surface area contributed by atoms with Gasteiger partial charge in [0.1, 0.15) is 0 Å². The quantitative estimate of drug-likeness (QED) is 0.777. The van der Waals surface area contributed by atoms with Gasteiger partial charge in [-0.25, -0.2) is 0 Å². The summed E-state index contributed by atoms with van der Waals surface area (Å²) in [6, 6.07) is 9.86. The van der Waals surface area contributed by atoms with E-state index in [9.17, 15) is 0 Å². The average Bonchev–Trinajstić information content (AvgIpc) is 2.67. The van der Waals surface area contributed by atoms with Crippen LogP contribution in [0.25, 0.3) is 0 Å². The fraction of sp³-hybridized carbons (Fsp3) is 0.231. The molecule has 1 nitrogen and oxygen atoms in total. The summed E-state index contributed by atoms with van der Waals surface area (Å²) in [5.41, 5.74) is 2.23. The third-order valence-corrected chi connectivity index (χ3v) is 4.45. The number of halogens is 3. The largest absolute Gasteiger partial charge is 0.306 e. The van der Waals surface area contributed by atoms with Gasteiger partial charge in [-0.1, -0.05) is 46.9 Å². The fourth-order valence-electron chi connectivity index (χ4n) is 1.63. The smallest absolute Gasteiger partial charge is 0.0991 e. The number of hydrogen-bond acceptors (Lipinski definition) is 2. The first-order valence-electron chi connectivity index (χ1n) is 5.49. The molecular weight excluding hydrogens is 309 g/mol. The Bertz CT molecular complexity index is 522. The number of rotatable bonds is 4. The van der Waals surface area contributed by atoms with E-state index in [-0.39, 0.29) is 6.04 Å². The second-order valence-electron chi connectivity index (χ2n) is 4.01. The van der Waals surface area contributed by atoms with Crippen molar-refractivity contribution in [3.05, 3.63) is 55.2 Å². The van der Waals surface area contributed by atoms with Crippen LogP contribution in [0.3, 0.4) is 0 Å². The second-order valence-corrected chi connectivity index (χ2v) is 6.73. The number of thiophene rings is 1. The van der Waals surface area contributed by atoms with E-state index in [0.29, 0.717) is 0 Å². The van der Waals surface area contributed by atoms with Crippen molar-refractivity contribution in [2.45, 2.75) is 19.5 Å². The standard InChI is InChI=1S/C13H12Cl3NS/c1-8(11-6-12(15)18-13(11)16)17-7-9-2-4-10(14)5-3-9/h2-6,8,17H,7H2,1H3. The van der Waals surface area contributed by atoms with Crippen LogP contribution in [0.4, 0.5) is 0 Å². The summed E-state index contributed by atoms with van der Waals surface area (Å²) in [6.45, 7) is 2.84. The van der Waals surface area contributed by atoms with Crippen molar-refractivity contribution < 1.29 is 0 Å². The van der Waals surface area contributed by atoms with Crippen LogP contribution in [0.2, 0.25) is 13.7 Å². The maximum absolute atomic E-state index is 6.12. The molecule has 0 aliphatic rings. The van der Waals surface area contributed by atoms with Gasteiger partial charge in [-0.15, -0.1) is 11.3 Å². The van der Waals surface area contributed by atoms with Gasteiger partial charge in [-0.3, -0.25) is 0 Å². The van der Waals surface area contributed by atoms with E-state index in [4.69, 9.17) is 34.8 Å². The van der Waals surface area contributed by atoms with Gasteiger partial charge >= 0.3 is 0 Å². The second kappa shape index (κ2) is 6.27. The molecular formula is C13H12Cl3NS. The highest BCUT2D eigenvalue weighted by Gasteiger charge is 2.12. The van der Waals surface area contributed by atoms with E-state index < -0.39 is 0 Å². The lowest BCUT2D eigenvalue weighted by molar-refractivity contribution is 0.576. The fourth-order valence-corrected chi connectivity index (χ4v) is 3.40. The normalized spacial score (nSPS) is 12.7. The molecule has 1 aromatic carbocycles. The average molecular weight is 321 g/mol. The highest BCUT2D eigenvalue weighted by atomic mass is 35.5. The molecule has 2 rings (SSSR count). The highest BCUT2D eigenvalue weighted by Crippen LogP contribution is 2.34. The Hall–Kier alpha value is -0.250. The zero-order chi connectivity index (χ0) is 13.1. The maximum atomic E-state index is 6.12. The van der Waals surface area contributed by atoms with Crippen LogP contribution in [0.5, 0.6) is 0 Å². The van der Waals surface area contributed by atoms with Crippen LogP contribution in [0.15, 0.2) is 30.3 Å². The molecule has 96 valence electrons. The minimum absolute atomic E-state index is 0.164. The molecule has 1 aromatic heterocycles. The SMILES string of the molecule is CC(NCc1ccc(Cl)cc1)c1cc(Cl)sc1Cl. The third-order valence-electron chi connectivity index (χ3n) is 2.68. The molecule has 1 N–H and O–H groups in total. The first-order valence-corrected chi connectivity index (χ1v) is 7.44. The molecule has 0 saturated carbocycles. The minimum Gasteiger partial charge on any atom is -0.306 e. The van der Waals surface area contributed by atoms with E-state index in [2.05, 4.69) is 12.2 Å². The minimum atomic E-state index is 0.164. The molecule has 0 amide bonds. The van der Waals surface area contributed by atoms with Crippen molar-refractivity contribution in [2.75, 3.05) is 0 Å². The topological polar surface area (TPSA) is 12.0 Å². The molecule has 18 heavy (non-hydrogen) atoms. The first kappa shape index (κ1) is 14.2. The van der Waals surface area contributed by atoms with Gasteiger partial charge in [-0.05, 0) is 36.2 Å². The van der Waals surface area contributed by atoms with Crippen LogP contribution in [-0.4, -0.2) is 0 Å². The maximum Gasteiger partial charge on any atom is 0.0991 e. The van der Waals surface area contributed by atoms with E-state index >= 15 is 0 Å². The Labute approximate surface area is 126 Å². The highest BCUT2D eigenvalue weighted by molar-refractivity contribution is 7.20. The Morgan fingerprint density at radius 1 is 1.17 bits per heavy atom. The predicted molar refractivity (Wildman–Crippen MR) is 81.0 cm³/mol. The Morgan fingerprint density at radius 2 is 1.83 bits per heavy atom. The van der Waals surface area contributed by atoms with Gasteiger partial charge in [0.25, 0.3) is 0 Å². The van der Waals surface area contributed by atoms with Crippen molar-refractivity contribution in [2.24, 2.45) is 0 Å². The zero-order valence-electron chi connectivity index (χ0n) is 9.71. The lowest BCUT2D eigenvalue weighted by atomic mass is 10.1. The monoisotopic (exact) mass is 319 g/mol. The predicted octanol–water partition coefficient (Wildman–Crippen LogP) is 5.56. The van der Waals surface area contributed by atoms with E-state index in [0.717, 1.165) is 25.8 Å². The van der Waals surface area contributed by atoms with Crippen LogP contribution in [-0.2, 0) is 6.54 Å². The van der Waals surface area contributed by atoms with Crippen molar-refractivity contribution in [3.63, 3.8) is 0 Å². The molecule has 0 spiro atoms. The molecule has 2 aromatic rings. The molecule has 0 radical (unpaired) electrons. The van der Waals surface area contributed by atoms with Gasteiger partial charge in [0.15, 0.2) is 0 Å². The van der Waals surface area contributed by atoms with Gasteiger partial charge in [0.05, 0.1) is 8.67 Å². The van der Waals surface area contributed by atoms with E-state index in [1.165, 1.54) is 16.9 Å². The van der Waals surface area contributed by atoms with Crippen LogP contribution in [0, 0.1) is 0 Å². The summed E-state index contributed by atoms with van der Waals surface area (Å²) in [5, 5.41) is 4.16. The third kappa shape index (κ3) is 3.62. The van der Waals surface area contributed by atoms with Gasteiger partial charge < -0.3 is 5.32 Å². The summed E-state index contributed by atoms with van der Waals surface area (Å²) in [5.74, 6) is 0. The van der Waals surface area contributed by atoms with Gasteiger partial charge in [0, 0.05) is 17.6 Å². The molecule has 0 fully saturated rings. The van der Waals surface area contributed by atoms with E-state index in [1.54, 1.807) is 0 Å². The summed E-state index contributed by atoms with van der Waals surface area (Å²) >= 11 is 19.3. The summed E-state index contributed by atoms with van der Waals surface area (Å²) < 4.78 is 1.46. The molecule has 0 saturated heterocycles. The number of nitrogens with one attached hydrogen (secondary N) is 1. The number of benzene rings is 1. The summed E-state index contributed by atoms with van der Waals surface area (Å²) in [6.07, 6.45) is 0. The lowest BCUT2D eigenvalue weighted by Gasteiger charge is -2.13. The molecule has 1 unspecified atom stereocenters. The van der Waals surface area contributed by atoms with Crippen molar-refractivity contribution >= 4 is 46.1 Å². The summed E-state index contributed by atoms with van der Waals surface area (Å²) in [4.78, 5) is 0. The number of hydrogen-bond donors (Lipinski definition) is 1. The van der Waals surface area contributed by atoms with E-state index in [1.807, 2.05) is 30.3 Å².